The summed E-state index contributed by atoms with van der Waals surface area (Å²) in [5.74, 6) is 0.318. The van der Waals surface area contributed by atoms with Crippen LogP contribution in [0.5, 0.6) is 5.88 Å². The molecule has 0 aliphatic rings. The molecule has 9 heteroatoms. The predicted octanol–water partition coefficient (Wildman–Crippen LogP) is 4.06. The van der Waals surface area contributed by atoms with Crippen molar-refractivity contribution in [2.45, 2.75) is 39.8 Å². The molecule has 1 aromatic carbocycles. The monoisotopic (exact) mass is 465 g/mol. The maximum Gasteiger partial charge on any atom is 0.407 e. The molecule has 2 amide bonds. The molecule has 0 aliphatic heterocycles. The van der Waals surface area contributed by atoms with Crippen LogP contribution in [0.4, 0.5) is 4.79 Å². The first kappa shape index (κ1) is 24.8. The Morgan fingerprint density at radius 2 is 1.82 bits per heavy atom. The fraction of sp³-hybridized carbons (Fsp3) is 0.360. The van der Waals surface area contributed by atoms with Gasteiger partial charge in [0.15, 0.2) is 5.69 Å². The lowest BCUT2D eigenvalue weighted by Gasteiger charge is -2.19. The van der Waals surface area contributed by atoms with Crippen LogP contribution in [0, 0.1) is 0 Å². The SMILES string of the molecule is CCN(C)C(=O)c1cc(-c2ccc(COC(=O)NC(C)(C)C)cc2)n(-c2ccc(OC)nc2)n1. The van der Waals surface area contributed by atoms with Crippen molar-refractivity contribution in [3.8, 4) is 22.8 Å². The zero-order chi connectivity index (χ0) is 24.9. The summed E-state index contributed by atoms with van der Waals surface area (Å²) >= 11 is 0. The zero-order valence-electron chi connectivity index (χ0n) is 20.5. The number of benzene rings is 1. The molecule has 0 unspecified atom stereocenters. The normalized spacial score (nSPS) is 11.1. The lowest BCUT2D eigenvalue weighted by molar-refractivity contribution is 0.0796. The molecule has 1 N–H and O–H groups in total. The van der Waals surface area contributed by atoms with Gasteiger partial charge in [0.1, 0.15) is 6.61 Å². The summed E-state index contributed by atoms with van der Waals surface area (Å²) in [6.45, 7) is 8.30. The summed E-state index contributed by atoms with van der Waals surface area (Å²) in [7, 11) is 3.29. The highest BCUT2D eigenvalue weighted by Crippen LogP contribution is 2.26. The quantitative estimate of drug-likeness (QED) is 0.565. The number of carbonyl (C=O) groups excluding carboxylic acids is 2. The van der Waals surface area contributed by atoms with Crippen LogP contribution in [-0.2, 0) is 11.3 Å². The van der Waals surface area contributed by atoms with Crippen molar-refractivity contribution in [1.29, 1.82) is 0 Å². The topological polar surface area (TPSA) is 98.6 Å². The number of ether oxygens (including phenoxy) is 2. The van der Waals surface area contributed by atoms with Gasteiger partial charge in [0.25, 0.3) is 5.91 Å². The first-order valence-electron chi connectivity index (χ1n) is 11.0. The number of hydrogen-bond acceptors (Lipinski definition) is 6. The molecule has 2 aromatic heterocycles. The van der Waals surface area contributed by atoms with E-state index in [4.69, 9.17) is 9.47 Å². The number of nitrogens with one attached hydrogen (secondary N) is 1. The Kier molecular flexibility index (Phi) is 7.55. The molecule has 9 nitrogen and oxygen atoms in total. The third-order valence-electron chi connectivity index (χ3n) is 5.02. The first-order chi connectivity index (χ1) is 16.1. The van der Waals surface area contributed by atoms with E-state index in [1.54, 1.807) is 42.1 Å². The smallest absolute Gasteiger partial charge is 0.407 e. The summed E-state index contributed by atoms with van der Waals surface area (Å²) in [5, 5.41) is 7.33. The van der Waals surface area contributed by atoms with Gasteiger partial charge in [0.05, 0.1) is 24.7 Å². The summed E-state index contributed by atoms with van der Waals surface area (Å²) in [4.78, 5) is 30.5. The molecule has 0 aliphatic carbocycles. The van der Waals surface area contributed by atoms with Crippen LogP contribution in [0.15, 0.2) is 48.7 Å². The highest BCUT2D eigenvalue weighted by molar-refractivity contribution is 5.93. The van der Waals surface area contributed by atoms with E-state index in [1.165, 1.54) is 0 Å². The molecule has 0 saturated carbocycles. The van der Waals surface area contributed by atoms with Gasteiger partial charge in [-0.2, -0.15) is 5.10 Å². The average molecular weight is 466 g/mol. The molecule has 0 bridgehead atoms. The van der Waals surface area contributed by atoms with E-state index in [9.17, 15) is 9.59 Å². The largest absolute Gasteiger partial charge is 0.481 e. The summed E-state index contributed by atoms with van der Waals surface area (Å²) < 4.78 is 12.1. The van der Waals surface area contributed by atoms with Crippen molar-refractivity contribution >= 4 is 12.0 Å². The minimum atomic E-state index is -0.468. The van der Waals surface area contributed by atoms with Gasteiger partial charge in [-0.15, -0.1) is 0 Å². The summed E-state index contributed by atoms with van der Waals surface area (Å²) in [5.41, 5.74) is 3.09. The van der Waals surface area contributed by atoms with Gasteiger partial charge in [0.2, 0.25) is 5.88 Å². The van der Waals surface area contributed by atoms with Crippen molar-refractivity contribution in [3.63, 3.8) is 0 Å². The molecule has 0 fully saturated rings. The Bertz CT molecular complexity index is 1130. The van der Waals surface area contributed by atoms with Crippen molar-refractivity contribution in [1.82, 2.24) is 25.0 Å². The molecule has 34 heavy (non-hydrogen) atoms. The molecule has 180 valence electrons. The summed E-state index contributed by atoms with van der Waals surface area (Å²) in [6.07, 6.45) is 1.17. The molecule has 0 atom stereocenters. The third kappa shape index (κ3) is 6.12. The number of rotatable bonds is 7. The van der Waals surface area contributed by atoms with Crippen LogP contribution < -0.4 is 10.1 Å². The van der Waals surface area contributed by atoms with E-state index >= 15 is 0 Å². The van der Waals surface area contributed by atoms with Gasteiger partial charge in [-0.05, 0) is 45.4 Å². The highest BCUT2D eigenvalue weighted by Gasteiger charge is 2.19. The lowest BCUT2D eigenvalue weighted by Crippen LogP contribution is -2.40. The number of carbonyl (C=O) groups is 2. The van der Waals surface area contributed by atoms with Crippen molar-refractivity contribution < 1.29 is 19.1 Å². The molecule has 0 spiro atoms. The first-order valence-corrected chi connectivity index (χ1v) is 11.0. The Hall–Kier alpha value is -3.88. The molecule has 2 heterocycles. The third-order valence-corrected chi connectivity index (χ3v) is 5.02. The van der Waals surface area contributed by atoms with Gasteiger partial charge >= 0.3 is 6.09 Å². The maximum absolute atomic E-state index is 12.8. The molecular weight excluding hydrogens is 434 g/mol. The standard InChI is InChI=1S/C25H31N5O4/c1-7-29(5)23(31)20-14-21(30(28-20)19-12-13-22(33-6)26-15-19)18-10-8-17(9-11-18)16-34-24(32)27-25(2,3)4/h8-15H,7,16H2,1-6H3,(H,27,32). The Balaban J connectivity index is 1.88. The van der Waals surface area contributed by atoms with Gasteiger partial charge in [-0.1, -0.05) is 24.3 Å². The van der Waals surface area contributed by atoms with Crippen LogP contribution >= 0.6 is 0 Å². The number of pyridine rings is 1. The van der Waals surface area contributed by atoms with Gasteiger partial charge < -0.3 is 19.7 Å². The molecule has 3 rings (SSSR count). The van der Waals surface area contributed by atoms with Crippen molar-refractivity contribution in [2.24, 2.45) is 0 Å². The molecule has 0 radical (unpaired) electrons. The second-order valence-electron chi connectivity index (χ2n) is 8.85. The van der Waals surface area contributed by atoms with Crippen LogP contribution in [-0.4, -0.2) is 57.9 Å². The van der Waals surface area contributed by atoms with E-state index in [1.807, 2.05) is 58.0 Å². The van der Waals surface area contributed by atoms with Crippen LogP contribution in [0.3, 0.4) is 0 Å². The number of aromatic nitrogens is 3. The van der Waals surface area contributed by atoms with Gasteiger partial charge in [-0.3, -0.25) is 4.79 Å². The Morgan fingerprint density at radius 3 is 2.38 bits per heavy atom. The van der Waals surface area contributed by atoms with Gasteiger partial charge in [0, 0.05) is 30.8 Å². The van der Waals surface area contributed by atoms with Crippen molar-refractivity contribution in [2.75, 3.05) is 20.7 Å². The average Bonchev–Trinajstić information content (AvgIpc) is 3.26. The zero-order valence-corrected chi connectivity index (χ0v) is 20.5. The fourth-order valence-electron chi connectivity index (χ4n) is 3.11. The number of alkyl carbamates (subject to hydrolysis) is 1. The Labute approximate surface area is 199 Å². The number of methoxy groups -OCH3 is 1. The number of hydrogen-bond donors (Lipinski definition) is 1. The molecular formula is C25H31N5O4. The van der Waals surface area contributed by atoms with E-state index in [2.05, 4.69) is 15.4 Å². The minimum Gasteiger partial charge on any atom is -0.481 e. The second kappa shape index (κ2) is 10.4. The maximum atomic E-state index is 12.8. The second-order valence-corrected chi connectivity index (χ2v) is 8.85. The van der Waals surface area contributed by atoms with E-state index in [-0.39, 0.29) is 18.1 Å². The minimum absolute atomic E-state index is 0.148. The van der Waals surface area contributed by atoms with E-state index < -0.39 is 6.09 Å². The fourth-order valence-corrected chi connectivity index (χ4v) is 3.11. The van der Waals surface area contributed by atoms with E-state index in [0.717, 1.165) is 16.8 Å². The van der Waals surface area contributed by atoms with Gasteiger partial charge in [-0.25, -0.2) is 14.5 Å². The number of nitrogens with zero attached hydrogens (tertiary/aromatic N) is 4. The van der Waals surface area contributed by atoms with Crippen LogP contribution in [0.25, 0.3) is 16.9 Å². The Morgan fingerprint density at radius 1 is 1.12 bits per heavy atom. The van der Waals surface area contributed by atoms with Crippen LogP contribution in [0.1, 0.15) is 43.7 Å². The van der Waals surface area contributed by atoms with E-state index in [0.29, 0.717) is 23.8 Å². The lowest BCUT2D eigenvalue weighted by atomic mass is 10.1. The van der Waals surface area contributed by atoms with Crippen LogP contribution in [0.2, 0.25) is 0 Å². The molecule has 3 aromatic rings. The highest BCUT2D eigenvalue weighted by atomic mass is 16.5. The summed E-state index contributed by atoms with van der Waals surface area (Å²) in [6, 6.07) is 12.9. The van der Waals surface area contributed by atoms with Crippen molar-refractivity contribution in [3.05, 3.63) is 59.9 Å². The predicted molar refractivity (Wildman–Crippen MR) is 129 cm³/mol. The number of amides is 2. The molecule has 0 saturated heterocycles.